The van der Waals surface area contributed by atoms with Crippen LogP contribution in [0.25, 0.3) is 0 Å². The largest absolute Gasteiger partial charge is 0.480 e. The Morgan fingerprint density at radius 1 is 1.54 bits per heavy atom. The van der Waals surface area contributed by atoms with Crippen molar-refractivity contribution in [2.45, 2.75) is 24.8 Å². The molecule has 0 bridgehead atoms. The van der Waals surface area contributed by atoms with Crippen LogP contribution in [0.15, 0.2) is 12.4 Å². The van der Waals surface area contributed by atoms with Crippen LogP contribution in [0.3, 0.4) is 0 Å². The molecule has 76 valence electrons. The fourth-order valence-electron chi connectivity index (χ4n) is 0.936. The third-order valence-corrected chi connectivity index (χ3v) is 1.80. The van der Waals surface area contributed by atoms with E-state index < -0.39 is 11.5 Å². The Bertz CT molecular complexity index is 197. The normalized spacial score (nSPS) is 15.9. The number of carboxylic acids is 1. The van der Waals surface area contributed by atoms with Crippen LogP contribution in [0.1, 0.15) is 19.3 Å². The van der Waals surface area contributed by atoms with Gasteiger partial charge < -0.3 is 16.6 Å². The monoisotopic (exact) mass is 190 g/mol. The number of unbranched alkanes of at least 4 members (excludes halogenated alkanes) is 1. The predicted molar refractivity (Wildman–Crippen MR) is 47.7 cm³/mol. The van der Waals surface area contributed by atoms with E-state index in [0.29, 0.717) is 19.4 Å². The quantitative estimate of drug-likeness (QED) is 0.528. The van der Waals surface area contributed by atoms with Crippen molar-refractivity contribution in [2.75, 3.05) is 6.54 Å². The van der Waals surface area contributed by atoms with E-state index in [9.17, 15) is 9.18 Å². The van der Waals surface area contributed by atoms with E-state index >= 15 is 0 Å². The maximum absolute atomic E-state index is 11.8. The topological polar surface area (TPSA) is 89.3 Å². The van der Waals surface area contributed by atoms with Gasteiger partial charge in [-0.15, -0.1) is 0 Å². The van der Waals surface area contributed by atoms with Crippen LogP contribution >= 0.6 is 0 Å². The van der Waals surface area contributed by atoms with Crippen molar-refractivity contribution in [1.82, 2.24) is 0 Å². The zero-order valence-electron chi connectivity index (χ0n) is 7.37. The molecule has 0 unspecified atom stereocenters. The Balaban J connectivity index is 4.17. The Morgan fingerprint density at radius 3 is 2.54 bits per heavy atom. The summed E-state index contributed by atoms with van der Waals surface area (Å²) in [6.45, 7) is 0.481. The molecule has 13 heavy (non-hydrogen) atoms. The van der Waals surface area contributed by atoms with E-state index in [1.54, 1.807) is 0 Å². The van der Waals surface area contributed by atoms with Crippen molar-refractivity contribution in [3.8, 4) is 0 Å². The highest BCUT2D eigenvalue weighted by atomic mass is 19.1. The van der Waals surface area contributed by atoms with Crippen LogP contribution in [0.2, 0.25) is 0 Å². The number of nitrogens with two attached hydrogens (primary N) is 2. The minimum absolute atomic E-state index is 0.163. The number of hydrogen-bond donors (Lipinski definition) is 3. The van der Waals surface area contributed by atoms with Gasteiger partial charge in [-0.3, -0.25) is 0 Å². The molecule has 0 spiro atoms. The van der Waals surface area contributed by atoms with Crippen molar-refractivity contribution in [1.29, 1.82) is 0 Å². The van der Waals surface area contributed by atoms with Crippen molar-refractivity contribution in [3.63, 3.8) is 0 Å². The minimum atomic E-state index is -1.59. The Morgan fingerprint density at radius 2 is 2.15 bits per heavy atom. The standard InChI is InChI=1S/C8H15FN2O2/c9-5-4-8(11,7(12)13)3-1-2-6-10/h4-5H,1-3,6,10-11H2,(H,12,13)/b5-4-/t8-/m0/s1. The molecule has 0 aromatic carbocycles. The van der Waals surface area contributed by atoms with Gasteiger partial charge in [-0.2, -0.15) is 0 Å². The second kappa shape index (κ2) is 5.66. The van der Waals surface area contributed by atoms with Crippen molar-refractivity contribution in [2.24, 2.45) is 11.5 Å². The van der Waals surface area contributed by atoms with Crippen molar-refractivity contribution >= 4 is 5.97 Å². The van der Waals surface area contributed by atoms with Gasteiger partial charge in [-0.05, 0) is 31.9 Å². The van der Waals surface area contributed by atoms with Crippen LogP contribution in [0.4, 0.5) is 4.39 Å². The maximum atomic E-state index is 11.8. The lowest BCUT2D eigenvalue weighted by Gasteiger charge is -2.19. The van der Waals surface area contributed by atoms with Crippen LogP contribution < -0.4 is 11.5 Å². The summed E-state index contributed by atoms with van der Waals surface area (Å²) in [4.78, 5) is 10.6. The SMILES string of the molecule is NCCCC[C@](N)(/C=C\F)C(=O)O. The molecule has 4 nitrogen and oxygen atoms in total. The van der Waals surface area contributed by atoms with Gasteiger partial charge in [0.1, 0.15) is 5.54 Å². The molecular formula is C8H15FN2O2. The highest BCUT2D eigenvalue weighted by Crippen LogP contribution is 2.13. The van der Waals surface area contributed by atoms with Gasteiger partial charge in [0.05, 0.1) is 6.33 Å². The van der Waals surface area contributed by atoms with Crippen molar-refractivity contribution < 1.29 is 14.3 Å². The molecule has 0 aromatic heterocycles. The number of hydrogen-bond acceptors (Lipinski definition) is 3. The molecule has 0 heterocycles. The maximum Gasteiger partial charge on any atom is 0.327 e. The van der Waals surface area contributed by atoms with Crippen LogP contribution in [-0.4, -0.2) is 23.2 Å². The Hall–Kier alpha value is -0.940. The first-order valence-electron chi connectivity index (χ1n) is 4.07. The van der Waals surface area contributed by atoms with Crippen LogP contribution in [-0.2, 0) is 4.79 Å². The summed E-state index contributed by atoms with van der Waals surface area (Å²) in [6, 6.07) is 0. The minimum Gasteiger partial charge on any atom is -0.480 e. The molecule has 0 rings (SSSR count). The molecule has 0 aliphatic rings. The lowest BCUT2D eigenvalue weighted by atomic mass is 9.94. The number of halogens is 1. The zero-order chi connectivity index (χ0) is 10.3. The highest BCUT2D eigenvalue weighted by molar-refractivity contribution is 5.81. The molecule has 0 saturated carbocycles. The molecule has 0 fully saturated rings. The molecule has 0 aliphatic heterocycles. The van der Waals surface area contributed by atoms with E-state index in [1.807, 2.05) is 0 Å². The lowest BCUT2D eigenvalue weighted by molar-refractivity contribution is -0.141. The molecule has 0 amide bonds. The van der Waals surface area contributed by atoms with E-state index in [4.69, 9.17) is 16.6 Å². The number of rotatable bonds is 6. The van der Waals surface area contributed by atoms with Gasteiger partial charge in [-0.25, -0.2) is 9.18 Å². The van der Waals surface area contributed by atoms with Gasteiger partial charge >= 0.3 is 5.97 Å². The smallest absolute Gasteiger partial charge is 0.327 e. The molecule has 1 atom stereocenters. The molecule has 0 saturated heterocycles. The first-order chi connectivity index (χ1) is 6.06. The third-order valence-electron chi connectivity index (χ3n) is 1.80. The third kappa shape index (κ3) is 4.00. The highest BCUT2D eigenvalue weighted by Gasteiger charge is 2.30. The van der Waals surface area contributed by atoms with Crippen LogP contribution in [0, 0.1) is 0 Å². The van der Waals surface area contributed by atoms with Gasteiger partial charge in [0.2, 0.25) is 0 Å². The first kappa shape index (κ1) is 12.1. The Kier molecular flexibility index (Phi) is 5.25. The number of carbonyl (C=O) groups is 1. The molecule has 0 aromatic rings. The first-order valence-corrected chi connectivity index (χ1v) is 4.07. The van der Waals surface area contributed by atoms with E-state index in [1.165, 1.54) is 0 Å². The predicted octanol–water partition coefficient (Wildman–Crippen LogP) is 0.381. The summed E-state index contributed by atoms with van der Waals surface area (Å²) < 4.78 is 11.8. The van der Waals surface area contributed by atoms with Gasteiger partial charge in [0.25, 0.3) is 0 Å². The zero-order valence-corrected chi connectivity index (χ0v) is 7.37. The lowest BCUT2D eigenvalue weighted by Crippen LogP contribution is -2.46. The van der Waals surface area contributed by atoms with Crippen molar-refractivity contribution in [3.05, 3.63) is 12.4 Å². The number of carboxylic acid groups (broad SMARTS) is 1. The van der Waals surface area contributed by atoms with Gasteiger partial charge in [-0.1, -0.05) is 0 Å². The fraction of sp³-hybridized carbons (Fsp3) is 0.625. The number of aliphatic carboxylic acids is 1. The molecule has 5 heteroatoms. The summed E-state index contributed by atoms with van der Waals surface area (Å²) in [6.07, 6.45) is 2.47. The molecule has 0 aliphatic carbocycles. The summed E-state index contributed by atoms with van der Waals surface area (Å²) in [7, 11) is 0. The molecule has 0 radical (unpaired) electrons. The average molecular weight is 190 g/mol. The average Bonchev–Trinajstić information content (AvgIpc) is 2.05. The second-order valence-corrected chi connectivity index (χ2v) is 2.88. The van der Waals surface area contributed by atoms with E-state index in [-0.39, 0.29) is 12.8 Å². The summed E-state index contributed by atoms with van der Waals surface area (Å²) >= 11 is 0. The summed E-state index contributed by atoms with van der Waals surface area (Å²) in [5, 5.41) is 8.69. The van der Waals surface area contributed by atoms with Gasteiger partial charge in [0.15, 0.2) is 0 Å². The van der Waals surface area contributed by atoms with E-state index in [2.05, 4.69) is 0 Å². The van der Waals surface area contributed by atoms with E-state index in [0.717, 1.165) is 6.08 Å². The van der Waals surface area contributed by atoms with Gasteiger partial charge in [0, 0.05) is 0 Å². The Labute approximate surface area is 76.4 Å². The second-order valence-electron chi connectivity index (χ2n) is 2.88. The summed E-state index contributed by atoms with van der Waals surface area (Å²) in [5.74, 6) is -1.22. The summed E-state index contributed by atoms with van der Waals surface area (Å²) in [5.41, 5.74) is 9.06. The fourth-order valence-corrected chi connectivity index (χ4v) is 0.936. The molecule has 5 N–H and O–H groups in total. The molecular weight excluding hydrogens is 175 g/mol. The van der Waals surface area contributed by atoms with Crippen LogP contribution in [0.5, 0.6) is 0 Å².